The zero-order chi connectivity index (χ0) is 21.2. The SMILES string of the molecule is Cn1c2c(c3ccccc31)CN(CCCCNC(=O)c1cnc3ccccc3c1)CC2. The Morgan fingerprint density at radius 2 is 1.94 bits per heavy atom. The number of aryl methyl sites for hydroxylation is 1. The van der Waals surface area contributed by atoms with Crippen LogP contribution in [0.4, 0.5) is 0 Å². The van der Waals surface area contributed by atoms with Crippen LogP contribution >= 0.6 is 0 Å². The van der Waals surface area contributed by atoms with Gasteiger partial charge in [0, 0.05) is 61.3 Å². The molecule has 31 heavy (non-hydrogen) atoms. The molecule has 0 unspecified atom stereocenters. The van der Waals surface area contributed by atoms with Gasteiger partial charge in [-0.05, 0) is 43.1 Å². The van der Waals surface area contributed by atoms with Crippen molar-refractivity contribution >= 4 is 27.7 Å². The fourth-order valence-corrected chi connectivity index (χ4v) is 4.74. The number of nitrogens with one attached hydrogen (secondary N) is 1. The highest BCUT2D eigenvalue weighted by Crippen LogP contribution is 2.30. The van der Waals surface area contributed by atoms with E-state index < -0.39 is 0 Å². The molecule has 0 bridgehead atoms. The number of carbonyl (C=O) groups is 1. The Kier molecular flexibility index (Phi) is 5.43. The number of hydrogen-bond acceptors (Lipinski definition) is 3. The van der Waals surface area contributed by atoms with Gasteiger partial charge in [-0.2, -0.15) is 0 Å². The topological polar surface area (TPSA) is 50.2 Å². The molecule has 4 aromatic rings. The van der Waals surface area contributed by atoms with Crippen LogP contribution in [0.3, 0.4) is 0 Å². The van der Waals surface area contributed by atoms with Gasteiger partial charge in [0.1, 0.15) is 0 Å². The van der Waals surface area contributed by atoms with Crippen molar-refractivity contribution in [1.82, 2.24) is 19.8 Å². The maximum absolute atomic E-state index is 12.5. The van der Waals surface area contributed by atoms with E-state index >= 15 is 0 Å². The minimum Gasteiger partial charge on any atom is -0.352 e. The van der Waals surface area contributed by atoms with Crippen molar-refractivity contribution in [3.05, 3.63) is 77.6 Å². The minimum absolute atomic E-state index is 0.0448. The van der Waals surface area contributed by atoms with Crippen LogP contribution in [0, 0.1) is 0 Å². The van der Waals surface area contributed by atoms with E-state index in [1.54, 1.807) is 6.20 Å². The summed E-state index contributed by atoms with van der Waals surface area (Å²) in [6, 6.07) is 18.5. The molecule has 0 aliphatic carbocycles. The van der Waals surface area contributed by atoms with Gasteiger partial charge in [-0.25, -0.2) is 0 Å². The van der Waals surface area contributed by atoms with E-state index in [1.165, 1.54) is 22.2 Å². The lowest BCUT2D eigenvalue weighted by Crippen LogP contribution is -2.32. The molecular weight excluding hydrogens is 384 g/mol. The van der Waals surface area contributed by atoms with E-state index in [4.69, 9.17) is 0 Å². The first kappa shape index (κ1) is 19.8. The second kappa shape index (κ2) is 8.52. The Morgan fingerprint density at radius 3 is 2.87 bits per heavy atom. The van der Waals surface area contributed by atoms with Gasteiger partial charge in [-0.15, -0.1) is 0 Å². The number of unbranched alkanes of at least 4 members (excludes halogenated alkanes) is 1. The molecule has 5 heteroatoms. The number of fused-ring (bicyclic) bond motifs is 4. The van der Waals surface area contributed by atoms with Gasteiger partial charge in [0.05, 0.1) is 11.1 Å². The van der Waals surface area contributed by atoms with Crippen molar-refractivity contribution < 1.29 is 4.79 Å². The lowest BCUT2D eigenvalue weighted by atomic mass is 10.0. The Morgan fingerprint density at radius 1 is 1.10 bits per heavy atom. The highest BCUT2D eigenvalue weighted by Gasteiger charge is 2.22. The number of para-hydroxylation sites is 2. The first-order chi connectivity index (χ1) is 15.2. The van der Waals surface area contributed by atoms with Crippen LogP contribution in [0.1, 0.15) is 34.5 Å². The van der Waals surface area contributed by atoms with Crippen molar-refractivity contribution in [2.75, 3.05) is 19.6 Å². The first-order valence-electron chi connectivity index (χ1n) is 11.1. The van der Waals surface area contributed by atoms with Gasteiger partial charge in [-0.3, -0.25) is 14.7 Å². The van der Waals surface area contributed by atoms with Crippen molar-refractivity contribution in [3.8, 4) is 0 Å². The van der Waals surface area contributed by atoms with Gasteiger partial charge in [-0.1, -0.05) is 36.4 Å². The molecule has 0 fully saturated rings. The monoisotopic (exact) mass is 412 g/mol. The molecule has 0 saturated carbocycles. The summed E-state index contributed by atoms with van der Waals surface area (Å²) < 4.78 is 2.36. The third kappa shape index (κ3) is 3.93. The molecule has 1 aliphatic heterocycles. The standard InChI is InChI=1S/C26H28N4O/c1-29-24-11-5-3-9-21(24)22-18-30(15-12-25(22)29)14-7-6-13-27-26(31)20-16-19-8-2-4-10-23(19)28-17-20/h2-5,8-11,16-17H,6-7,12-15,18H2,1H3,(H,27,31). The van der Waals surface area contributed by atoms with Gasteiger partial charge in [0.2, 0.25) is 0 Å². The van der Waals surface area contributed by atoms with Gasteiger partial charge in [0.25, 0.3) is 5.91 Å². The quantitative estimate of drug-likeness (QED) is 0.481. The first-order valence-corrected chi connectivity index (χ1v) is 11.1. The number of pyridine rings is 1. The second-order valence-corrected chi connectivity index (χ2v) is 8.41. The average Bonchev–Trinajstić information content (AvgIpc) is 3.10. The van der Waals surface area contributed by atoms with Crippen LogP contribution in [-0.4, -0.2) is 40.0 Å². The third-order valence-electron chi connectivity index (χ3n) is 6.43. The van der Waals surface area contributed by atoms with Crippen LogP contribution in [0.15, 0.2) is 60.8 Å². The zero-order valence-corrected chi connectivity index (χ0v) is 18.0. The van der Waals surface area contributed by atoms with Crippen molar-refractivity contribution in [2.24, 2.45) is 7.05 Å². The molecule has 5 nitrogen and oxygen atoms in total. The van der Waals surface area contributed by atoms with Crippen LogP contribution in [0.25, 0.3) is 21.8 Å². The Bertz CT molecular complexity index is 1240. The minimum atomic E-state index is -0.0448. The maximum Gasteiger partial charge on any atom is 0.252 e. The number of benzene rings is 2. The fraction of sp³-hybridized carbons (Fsp3) is 0.308. The molecule has 0 saturated heterocycles. The van der Waals surface area contributed by atoms with Crippen LogP contribution in [0.5, 0.6) is 0 Å². The number of hydrogen-bond donors (Lipinski definition) is 1. The molecule has 1 aliphatic rings. The van der Waals surface area contributed by atoms with E-state index in [-0.39, 0.29) is 5.91 Å². The Hall–Kier alpha value is -3.18. The van der Waals surface area contributed by atoms with Crippen LogP contribution < -0.4 is 5.32 Å². The lowest BCUT2D eigenvalue weighted by Gasteiger charge is -2.27. The highest BCUT2D eigenvalue weighted by atomic mass is 16.1. The van der Waals surface area contributed by atoms with Gasteiger partial charge in [0.15, 0.2) is 0 Å². The number of nitrogens with zero attached hydrogens (tertiary/aromatic N) is 3. The molecule has 5 rings (SSSR count). The Labute approximate surface area is 182 Å². The molecule has 1 N–H and O–H groups in total. The Balaban J connectivity index is 1.11. The van der Waals surface area contributed by atoms with Crippen LogP contribution in [0.2, 0.25) is 0 Å². The van der Waals surface area contributed by atoms with Gasteiger partial charge < -0.3 is 9.88 Å². The number of carbonyl (C=O) groups excluding carboxylic acids is 1. The van der Waals surface area contributed by atoms with E-state index in [9.17, 15) is 4.79 Å². The smallest absolute Gasteiger partial charge is 0.252 e. The van der Waals surface area contributed by atoms with Gasteiger partial charge >= 0.3 is 0 Å². The highest BCUT2D eigenvalue weighted by molar-refractivity contribution is 5.97. The fourth-order valence-electron chi connectivity index (χ4n) is 4.74. The summed E-state index contributed by atoms with van der Waals surface area (Å²) in [4.78, 5) is 19.4. The molecule has 1 amide bonds. The van der Waals surface area contributed by atoms with E-state index in [1.807, 2.05) is 30.3 Å². The second-order valence-electron chi connectivity index (χ2n) is 8.41. The number of rotatable bonds is 6. The largest absolute Gasteiger partial charge is 0.352 e. The summed E-state index contributed by atoms with van der Waals surface area (Å²) in [5.41, 5.74) is 5.84. The summed E-state index contributed by atoms with van der Waals surface area (Å²) in [5.74, 6) is -0.0448. The van der Waals surface area contributed by atoms with Crippen LogP contribution in [-0.2, 0) is 20.0 Å². The third-order valence-corrected chi connectivity index (χ3v) is 6.43. The summed E-state index contributed by atoms with van der Waals surface area (Å²) in [6.07, 6.45) is 4.82. The molecule has 2 aromatic heterocycles. The van der Waals surface area contributed by atoms with Crippen molar-refractivity contribution in [1.29, 1.82) is 0 Å². The summed E-state index contributed by atoms with van der Waals surface area (Å²) in [7, 11) is 2.19. The molecule has 0 atom stereocenters. The summed E-state index contributed by atoms with van der Waals surface area (Å²) in [6.45, 7) is 3.88. The predicted molar refractivity (Wildman–Crippen MR) is 125 cm³/mol. The van der Waals surface area contributed by atoms with E-state index in [2.05, 4.69) is 51.1 Å². The molecule has 3 heterocycles. The lowest BCUT2D eigenvalue weighted by molar-refractivity contribution is 0.0952. The van der Waals surface area contributed by atoms with E-state index in [0.29, 0.717) is 12.1 Å². The molecule has 0 radical (unpaired) electrons. The van der Waals surface area contributed by atoms with Crippen molar-refractivity contribution in [3.63, 3.8) is 0 Å². The predicted octanol–water partition coefficient (Wildman–Crippen LogP) is 4.29. The van der Waals surface area contributed by atoms with Crippen molar-refractivity contribution in [2.45, 2.75) is 25.8 Å². The normalized spacial score (nSPS) is 14.1. The average molecular weight is 413 g/mol. The van der Waals surface area contributed by atoms with E-state index in [0.717, 1.165) is 49.8 Å². The maximum atomic E-state index is 12.5. The number of amides is 1. The molecule has 2 aromatic carbocycles. The molecule has 0 spiro atoms. The molecular formula is C26H28N4O. The summed E-state index contributed by atoms with van der Waals surface area (Å²) >= 11 is 0. The molecule has 158 valence electrons. The zero-order valence-electron chi connectivity index (χ0n) is 18.0. The summed E-state index contributed by atoms with van der Waals surface area (Å²) in [5, 5.41) is 5.43. The number of aromatic nitrogens is 2.